The van der Waals surface area contributed by atoms with Crippen LogP contribution in [0.15, 0.2) is 41.3 Å². The molecular formula is C22H25N5O. The Morgan fingerprint density at radius 1 is 1.07 bits per heavy atom. The van der Waals surface area contributed by atoms with Crippen molar-refractivity contribution in [2.24, 2.45) is 5.92 Å². The average molecular weight is 375 g/mol. The SMILES string of the molecule is O=c1cc2c(nn1CC1CCN(c3nncc4ccccc34)CC1)CCCC2. The molecule has 0 amide bonds. The second kappa shape index (κ2) is 7.34. The van der Waals surface area contributed by atoms with E-state index in [2.05, 4.69) is 33.3 Å². The minimum absolute atomic E-state index is 0.0583. The van der Waals surface area contributed by atoms with Crippen molar-refractivity contribution in [1.82, 2.24) is 20.0 Å². The average Bonchev–Trinajstić information content (AvgIpc) is 2.74. The number of piperidine rings is 1. The van der Waals surface area contributed by atoms with E-state index in [0.29, 0.717) is 5.92 Å². The standard InChI is InChI=1S/C22H25N5O/c28-21-13-17-5-2-4-8-20(17)25-27(21)15-16-9-11-26(12-10-16)22-19-7-3-1-6-18(19)14-23-24-22/h1,3,6-7,13-14,16H,2,4-5,8-12,15H2. The summed E-state index contributed by atoms with van der Waals surface area (Å²) < 4.78 is 1.71. The molecule has 0 N–H and O–H groups in total. The van der Waals surface area contributed by atoms with E-state index in [-0.39, 0.29) is 5.56 Å². The van der Waals surface area contributed by atoms with Gasteiger partial charge in [-0.1, -0.05) is 24.3 Å². The van der Waals surface area contributed by atoms with Crippen molar-refractivity contribution in [2.75, 3.05) is 18.0 Å². The van der Waals surface area contributed by atoms with E-state index in [1.807, 2.05) is 18.3 Å². The van der Waals surface area contributed by atoms with Gasteiger partial charge in [-0.15, -0.1) is 5.10 Å². The van der Waals surface area contributed by atoms with Crippen LogP contribution in [0.5, 0.6) is 0 Å². The van der Waals surface area contributed by atoms with Crippen LogP contribution in [-0.2, 0) is 19.4 Å². The normalized spacial score (nSPS) is 17.6. The predicted octanol–water partition coefficient (Wildman–Crippen LogP) is 2.98. The lowest BCUT2D eigenvalue weighted by Crippen LogP contribution is -2.37. The molecular weight excluding hydrogens is 350 g/mol. The van der Waals surface area contributed by atoms with Gasteiger partial charge >= 0.3 is 0 Å². The van der Waals surface area contributed by atoms with Crippen LogP contribution in [0.3, 0.4) is 0 Å². The fraction of sp³-hybridized carbons (Fsp3) is 0.455. The number of aryl methyl sites for hydroxylation is 2. The number of aromatic nitrogens is 4. The molecule has 6 heteroatoms. The van der Waals surface area contributed by atoms with Crippen molar-refractivity contribution < 1.29 is 0 Å². The summed E-state index contributed by atoms with van der Waals surface area (Å²) in [6, 6.07) is 10.1. The fourth-order valence-corrected chi connectivity index (χ4v) is 4.55. The second-order valence-corrected chi connectivity index (χ2v) is 8.03. The number of fused-ring (bicyclic) bond motifs is 2. The highest BCUT2D eigenvalue weighted by Gasteiger charge is 2.23. The lowest BCUT2D eigenvalue weighted by Gasteiger charge is -2.33. The highest BCUT2D eigenvalue weighted by atomic mass is 16.1. The molecule has 1 saturated heterocycles. The van der Waals surface area contributed by atoms with Gasteiger partial charge in [-0.2, -0.15) is 10.2 Å². The molecule has 0 atom stereocenters. The number of anilines is 1. The van der Waals surface area contributed by atoms with Crippen molar-refractivity contribution >= 4 is 16.6 Å². The molecule has 28 heavy (non-hydrogen) atoms. The molecule has 2 aromatic heterocycles. The van der Waals surface area contributed by atoms with Gasteiger partial charge in [-0.25, -0.2) is 4.68 Å². The zero-order chi connectivity index (χ0) is 18.9. The maximum atomic E-state index is 12.5. The molecule has 0 bridgehead atoms. The number of benzene rings is 1. The summed E-state index contributed by atoms with van der Waals surface area (Å²) >= 11 is 0. The van der Waals surface area contributed by atoms with Crippen LogP contribution in [0.1, 0.15) is 36.9 Å². The smallest absolute Gasteiger partial charge is 0.267 e. The molecule has 0 spiro atoms. The molecule has 3 aromatic rings. The van der Waals surface area contributed by atoms with Gasteiger partial charge in [-0.05, 0) is 50.0 Å². The van der Waals surface area contributed by atoms with Gasteiger partial charge in [0.1, 0.15) is 0 Å². The Morgan fingerprint density at radius 2 is 1.89 bits per heavy atom. The fourth-order valence-electron chi connectivity index (χ4n) is 4.55. The predicted molar refractivity (Wildman–Crippen MR) is 110 cm³/mol. The van der Waals surface area contributed by atoms with Gasteiger partial charge in [0, 0.05) is 36.5 Å². The highest BCUT2D eigenvalue weighted by molar-refractivity contribution is 5.91. The maximum Gasteiger partial charge on any atom is 0.267 e. The van der Waals surface area contributed by atoms with Crippen LogP contribution in [0.4, 0.5) is 5.82 Å². The first kappa shape index (κ1) is 17.3. The Hall–Kier alpha value is -2.76. The van der Waals surface area contributed by atoms with E-state index in [4.69, 9.17) is 5.10 Å². The quantitative estimate of drug-likeness (QED) is 0.704. The summed E-state index contributed by atoms with van der Waals surface area (Å²) in [5.74, 6) is 1.45. The van der Waals surface area contributed by atoms with Crippen LogP contribution in [-0.4, -0.2) is 33.1 Å². The second-order valence-electron chi connectivity index (χ2n) is 8.03. The number of hydrogen-bond acceptors (Lipinski definition) is 5. The first-order valence-corrected chi connectivity index (χ1v) is 10.3. The first-order valence-electron chi connectivity index (χ1n) is 10.3. The Morgan fingerprint density at radius 3 is 2.79 bits per heavy atom. The highest BCUT2D eigenvalue weighted by Crippen LogP contribution is 2.28. The molecule has 144 valence electrons. The Bertz CT molecular complexity index is 1050. The lowest BCUT2D eigenvalue weighted by molar-refractivity contribution is 0.331. The first-order chi connectivity index (χ1) is 13.8. The van der Waals surface area contributed by atoms with Gasteiger partial charge in [0.25, 0.3) is 5.56 Å². The third kappa shape index (κ3) is 3.28. The molecule has 2 aliphatic rings. The zero-order valence-electron chi connectivity index (χ0n) is 16.0. The molecule has 1 aromatic carbocycles. The maximum absolute atomic E-state index is 12.5. The van der Waals surface area contributed by atoms with E-state index in [0.717, 1.165) is 73.2 Å². The van der Waals surface area contributed by atoms with Crippen LogP contribution in [0, 0.1) is 5.92 Å². The van der Waals surface area contributed by atoms with E-state index in [1.165, 1.54) is 12.8 Å². The van der Waals surface area contributed by atoms with Crippen LogP contribution in [0.2, 0.25) is 0 Å². The van der Waals surface area contributed by atoms with Gasteiger partial charge in [0.2, 0.25) is 0 Å². The van der Waals surface area contributed by atoms with Crippen LogP contribution >= 0.6 is 0 Å². The summed E-state index contributed by atoms with van der Waals surface area (Å²) in [6.07, 6.45) is 8.26. The van der Waals surface area contributed by atoms with Crippen molar-refractivity contribution in [3.05, 3.63) is 58.1 Å². The van der Waals surface area contributed by atoms with Crippen molar-refractivity contribution in [1.29, 1.82) is 0 Å². The topological polar surface area (TPSA) is 63.9 Å². The molecule has 0 unspecified atom stereocenters. The number of rotatable bonds is 3. The van der Waals surface area contributed by atoms with Gasteiger partial charge in [0.05, 0.1) is 11.9 Å². The molecule has 1 aliphatic carbocycles. The van der Waals surface area contributed by atoms with Crippen LogP contribution < -0.4 is 10.5 Å². The largest absolute Gasteiger partial charge is 0.355 e. The molecule has 3 heterocycles. The summed E-state index contributed by atoms with van der Waals surface area (Å²) in [7, 11) is 0. The number of nitrogens with zero attached hydrogens (tertiary/aromatic N) is 5. The summed E-state index contributed by atoms with van der Waals surface area (Å²) in [5.41, 5.74) is 2.36. The van der Waals surface area contributed by atoms with Crippen molar-refractivity contribution in [2.45, 2.75) is 45.1 Å². The molecule has 6 nitrogen and oxygen atoms in total. The molecule has 0 saturated carbocycles. The van der Waals surface area contributed by atoms with Gasteiger partial charge < -0.3 is 4.90 Å². The third-order valence-corrected chi connectivity index (χ3v) is 6.17. The van der Waals surface area contributed by atoms with Gasteiger partial charge in [-0.3, -0.25) is 4.79 Å². The summed E-state index contributed by atoms with van der Waals surface area (Å²) in [5, 5.41) is 15.6. The van der Waals surface area contributed by atoms with E-state index >= 15 is 0 Å². The summed E-state index contributed by atoms with van der Waals surface area (Å²) in [6.45, 7) is 2.60. The van der Waals surface area contributed by atoms with E-state index in [9.17, 15) is 4.79 Å². The monoisotopic (exact) mass is 375 g/mol. The van der Waals surface area contributed by atoms with E-state index in [1.54, 1.807) is 4.68 Å². The summed E-state index contributed by atoms with van der Waals surface area (Å²) in [4.78, 5) is 14.8. The Kier molecular flexibility index (Phi) is 4.55. The number of hydrogen-bond donors (Lipinski definition) is 0. The Labute approximate surface area is 164 Å². The van der Waals surface area contributed by atoms with Gasteiger partial charge in [0.15, 0.2) is 5.82 Å². The van der Waals surface area contributed by atoms with Crippen molar-refractivity contribution in [3.8, 4) is 0 Å². The minimum atomic E-state index is 0.0583. The molecule has 5 rings (SSSR count). The molecule has 0 radical (unpaired) electrons. The zero-order valence-corrected chi connectivity index (χ0v) is 16.0. The lowest BCUT2D eigenvalue weighted by atomic mass is 9.95. The van der Waals surface area contributed by atoms with E-state index < -0.39 is 0 Å². The third-order valence-electron chi connectivity index (χ3n) is 6.17. The molecule has 1 fully saturated rings. The van der Waals surface area contributed by atoms with Crippen LogP contribution in [0.25, 0.3) is 10.8 Å². The van der Waals surface area contributed by atoms with Crippen molar-refractivity contribution in [3.63, 3.8) is 0 Å². The Balaban J connectivity index is 1.29. The molecule has 1 aliphatic heterocycles. The minimum Gasteiger partial charge on any atom is -0.355 e.